The fourth-order valence-electron chi connectivity index (χ4n) is 3.60. The summed E-state index contributed by atoms with van der Waals surface area (Å²) < 4.78 is 24.4. The Labute approximate surface area is 173 Å². The number of furan rings is 1. The van der Waals surface area contributed by atoms with Crippen molar-refractivity contribution in [3.05, 3.63) is 66.2 Å². The van der Waals surface area contributed by atoms with Crippen LogP contribution < -0.4 is 10.1 Å². The molecule has 3 aromatic rings. The van der Waals surface area contributed by atoms with E-state index >= 15 is 0 Å². The number of ether oxygens (including phenoxy) is 1. The molecule has 0 spiro atoms. The first-order valence-electron chi connectivity index (χ1n) is 10.0. The van der Waals surface area contributed by atoms with Gasteiger partial charge in [0.2, 0.25) is 0 Å². The molecule has 6 nitrogen and oxygen atoms in total. The van der Waals surface area contributed by atoms with Crippen LogP contribution in [-0.4, -0.2) is 43.0 Å². The van der Waals surface area contributed by atoms with Crippen LogP contribution in [-0.2, 0) is 4.79 Å². The van der Waals surface area contributed by atoms with Gasteiger partial charge in [0.05, 0.1) is 0 Å². The summed E-state index contributed by atoms with van der Waals surface area (Å²) >= 11 is 0. The molecule has 1 aliphatic rings. The molecule has 0 aliphatic carbocycles. The minimum absolute atomic E-state index is 0.0602. The molecule has 2 amide bonds. The number of nitrogens with zero attached hydrogens (tertiary/aromatic N) is 1. The Kier molecular flexibility index (Phi) is 5.97. The Bertz CT molecular complexity index is 1010. The van der Waals surface area contributed by atoms with Crippen LogP contribution in [0.15, 0.2) is 59.0 Å². The number of hydrogen-bond acceptors (Lipinski definition) is 4. The summed E-state index contributed by atoms with van der Waals surface area (Å²) in [6.07, 6.45) is 1.58. The number of carbonyl (C=O) groups is 2. The summed E-state index contributed by atoms with van der Waals surface area (Å²) in [6, 6.07) is 15.3. The topological polar surface area (TPSA) is 71.8 Å². The normalized spacial score (nSPS) is 14.6. The van der Waals surface area contributed by atoms with Crippen molar-refractivity contribution in [2.45, 2.75) is 12.8 Å². The van der Waals surface area contributed by atoms with Gasteiger partial charge >= 0.3 is 0 Å². The van der Waals surface area contributed by atoms with Crippen molar-refractivity contribution in [1.82, 2.24) is 10.2 Å². The van der Waals surface area contributed by atoms with Crippen LogP contribution in [0.4, 0.5) is 4.39 Å². The van der Waals surface area contributed by atoms with Gasteiger partial charge in [0.1, 0.15) is 5.58 Å². The molecule has 156 valence electrons. The predicted molar refractivity (Wildman–Crippen MR) is 110 cm³/mol. The predicted octanol–water partition coefficient (Wildman–Crippen LogP) is 3.62. The number of para-hydroxylation sites is 2. The highest BCUT2D eigenvalue weighted by molar-refractivity contribution is 5.96. The third-order valence-electron chi connectivity index (χ3n) is 5.32. The van der Waals surface area contributed by atoms with Crippen LogP contribution in [0.2, 0.25) is 0 Å². The van der Waals surface area contributed by atoms with Crippen molar-refractivity contribution < 1.29 is 23.1 Å². The molecule has 1 aromatic heterocycles. The van der Waals surface area contributed by atoms with Gasteiger partial charge in [-0.05, 0) is 43.0 Å². The first-order chi connectivity index (χ1) is 14.6. The van der Waals surface area contributed by atoms with E-state index in [2.05, 4.69) is 5.32 Å². The number of hydrogen-bond donors (Lipinski definition) is 1. The summed E-state index contributed by atoms with van der Waals surface area (Å²) in [5.41, 5.74) is 0.705. The van der Waals surface area contributed by atoms with Gasteiger partial charge in [0.15, 0.2) is 23.9 Å². The molecule has 2 aromatic carbocycles. The van der Waals surface area contributed by atoms with Gasteiger partial charge in [-0.15, -0.1) is 0 Å². The molecule has 0 bridgehead atoms. The molecule has 1 aliphatic heterocycles. The third kappa shape index (κ3) is 4.62. The summed E-state index contributed by atoms with van der Waals surface area (Å²) in [5.74, 6) is -0.196. The van der Waals surface area contributed by atoms with E-state index in [4.69, 9.17) is 9.15 Å². The van der Waals surface area contributed by atoms with Crippen LogP contribution in [0.5, 0.6) is 5.75 Å². The minimum Gasteiger partial charge on any atom is -0.481 e. The molecule has 1 saturated heterocycles. The molecular formula is C23H23FN2O4. The number of carbonyl (C=O) groups excluding carboxylic acids is 2. The molecule has 0 unspecified atom stereocenters. The van der Waals surface area contributed by atoms with Gasteiger partial charge in [-0.3, -0.25) is 9.59 Å². The van der Waals surface area contributed by atoms with Crippen LogP contribution in [0.1, 0.15) is 23.4 Å². The number of nitrogens with one attached hydrogen (secondary N) is 1. The second kappa shape index (κ2) is 8.98. The summed E-state index contributed by atoms with van der Waals surface area (Å²) in [7, 11) is 0. The Balaban J connectivity index is 1.21. The van der Waals surface area contributed by atoms with Crippen molar-refractivity contribution in [2.24, 2.45) is 5.92 Å². The van der Waals surface area contributed by atoms with E-state index in [1.54, 1.807) is 23.1 Å². The smallest absolute Gasteiger partial charge is 0.289 e. The van der Waals surface area contributed by atoms with Crippen molar-refractivity contribution in [3.8, 4) is 5.75 Å². The molecule has 7 heteroatoms. The van der Waals surface area contributed by atoms with Crippen molar-refractivity contribution in [2.75, 3.05) is 26.2 Å². The second-order valence-corrected chi connectivity index (χ2v) is 7.41. The zero-order valence-corrected chi connectivity index (χ0v) is 16.5. The number of likely N-dealkylation sites (tertiary alicyclic amines) is 1. The maximum absolute atomic E-state index is 13.5. The van der Waals surface area contributed by atoms with E-state index in [1.165, 1.54) is 12.1 Å². The average molecular weight is 410 g/mol. The third-order valence-corrected chi connectivity index (χ3v) is 5.32. The lowest BCUT2D eigenvalue weighted by Gasteiger charge is -2.31. The number of halogens is 1. The first kappa shape index (κ1) is 19.9. The Morgan fingerprint density at radius 2 is 1.83 bits per heavy atom. The highest BCUT2D eigenvalue weighted by Crippen LogP contribution is 2.23. The zero-order valence-electron chi connectivity index (χ0n) is 16.5. The summed E-state index contributed by atoms with van der Waals surface area (Å²) in [6.45, 7) is 1.50. The van der Waals surface area contributed by atoms with Crippen LogP contribution in [0.3, 0.4) is 0 Å². The van der Waals surface area contributed by atoms with Gasteiger partial charge in [-0.25, -0.2) is 4.39 Å². The number of piperidine rings is 1. The quantitative estimate of drug-likeness (QED) is 0.674. The monoisotopic (exact) mass is 410 g/mol. The zero-order chi connectivity index (χ0) is 20.9. The van der Waals surface area contributed by atoms with Crippen molar-refractivity contribution >= 4 is 22.8 Å². The average Bonchev–Trinajstić information content (AvgIpc) is 3.21. The molecule has 4 rings (SSSR count). The van der Waals surface area contributed by atoms with Gasteiger partial charge < -0.3 is 19.4 Å². The van der Waals surface area contributed by atoms with Crippen molar-refractivity contribution in [1.29, 1.82) is 0 Å². The number of rotatable bonds is 6. The van der Waals surface area contributed by atoms with Crippen LogP contribution in [0, 0.1) is 11.7 Å². The highest BCUT2D eigenvalue weighted by atomic mass is 19.1. The Morgan fingerprint density at radius 1 is 1.10 bits per heavy atom. The van der Waals surface area contributed by atoms with Gasteiger partial charge in [0.25, 0.3) is 11.8 Å². The molecule has 2 heterocycles. The van der Waals surface area contributed by atoms with Crippen molar-refractivity contribution in [3.63, 3.8) is 0 Å². The molecule has 0 radical (unpaired) electrons. The SMILES string of the molecule is O=C(COc1ccccc1F)NCC1CCN(C(=O)c2cc3ccccc3o2)CC1. The first-order valence-corrected chi connectivity index (χ1v) is 10.0. The largest absolute Gasteiger partial charge is 0.481 e. The van der Waals surface area contributed by atoms with E-state index in [0.29, 0.717) is 31.0 Å². The number of benzene rings is 2. The number of fused-ring (bicyclic) bond motifs is 1. The Morgan fingerprint density at radius 3 is 2.60 bits per heavy atom. The molecule has 30 heavy (non-hydrogen) atoms. The summed E-state index contributed by atoms with van der Waals surface area (Å²) in [5, 5.41) is 3.74. The molecule has 0 atom stereocenters. The maximum Gasteiger partial charge on any atom is 0.289 e. The molecule has 1 N–H and O–H groups in total. The standard InChI is InChI=1S/C23H23FN2O4/c24-18-6-2-4-8-20(18)29-15-22(27)25-14-16-9-11-26(12-10-16)23(28)21-13-17-5-1-3-7-19(17)30-21/h1-8,13,16H,9-12,14-15H2,(H,25,27). The minimum atomic E-state index is -0.494. The van der Waals surface area contributed by atoms with Crippen LogP contribution >= 0.6 is 0 Å². The van der Waals surface area contributed by atoms with E-state index in [-0.39, 0.29) is 30.1 Å². The van der Waals surface area contributed by atoms with E-state index in [1.807, 2.05) is 24.3 Å². The van der Waals surface area contributed by atoms with Crippen LogP contribution in [0.25, 0.3) is 11.0 Å². The molecule has 1 fully saturated rings. The molecule has 0 saturated carbocycles. The van der Waals surface area contributed by atoms with Gasteiger partial charge in [-0.1, -0.05) is 30.3 Å². The Hall–Kier alpha value is -3.35. The van der Waals surface area contributed by atoms with Gasteiger partial charge in [0, 0.05) is 25.0 Å². The van der Waals surface area contributed by atoms with E-state index in [9.17, 15) is 14.0 Å². The highest BCUT2D eigenvalue weighted by Gasteiger charge is 2.26. The number of amides is 2. The van der Waals surface area contributed by atoms with Gasteiger partial charge in [-0.2, -0.15) is 0 Å². The summed E-state index contributed by atoms with van der Waals surface area (Å²) in [4.78, 5) is 26.5. The maximum atomic E-state index is 13.5. The lowest BCUT2D eigenvalue weighted by Crippen LogP contribution is -2.42. The molecular weight excluding hydrogens is 387 g/mol. The lowest BCUT2D eigenvalue weighted by atomic mass is 9.96. The second-order valence-electron chi connectivity index (χ2n) is 7.41. The lowest BCUT2D eigenvalue weighted by molar-refractivity contribution is -0.123. The van der Waals surface area contributed by atoms with E-state index in [0.717, 1.165) is 18.2 Å². The van der Waals surface area contributed by atoms with E-state index < -0.39 is 5.82 Å². The fourth-order valence-corrected chi connectivity index (χ4v) is 3.60. The fraction of sp³-hybridized carbons (Fsp3) is 0.304.